The Hall–Kier alpha value is -1.68. The van der Waals surface area contributed by atoms with Crippen molar-refractivity contribution in [3.05, 3.63) is 35.1 Å². The second-order valence-corrected chi connectivity index (χ2v) is 4.49. The first-order valence-corrected chi connectivity index (χ1v) is 5.70. The van der Waals surface area contributed by atoms with Crippen LogP contribution in [-0.4, -0.2) is 15.0 Å². The molecule has 0 aliphatic rings. The Kier molecular flexibility index (Phi) is 3.24. The normalized spacial score (nSPS) is 10.8. The molecule has 4 nitrogen and oxygen atoms in total. The van der Waals surface area contributed by atoms with E-state index in [1.54, 1.807) is 24.4 Å². The van der Waals surface area contributed by atoms with Crippen LogP contribution in [0.4, 0.5) is 5.82 Å². The summed E-state index contributed by atoms with van der Waals surface area (Å²) >= 11 is 5.78. The molecule has 2 heterocycles. The second kappa shape index (κ2) is 4.67. The van der Waals surface area contributed by atoms with Crippen molar-refractivity contribution in [1.82, 2.24) is 15.0 Å². The van der Waals surface area contributed by atoms with Crippen LogP contribution in [0.2, 0.25) is 5.02 Å². The number of hydrogen-bond acceptors (Lipinski definition) is 4. The molecule has 0 spiro atoms. The first-order chi connectivity index (χ1) is 8.06. The molecule has 0 unspecified atom stereocenters. The molecular formula is C12H13ClN4. The van der Waals surface area contributed by atoms with Crippen LogP contribution in [0.5, 0.6) is 0 Å². The Balaban J connectivity index is 2.48. The standard InChI is InChI=1S/C12H13ClN4/c1-7(2)10-5-11(14)17-12(16-10)9-4-3-8(13)6-15-9/h3-7H,1-2H3,(H2,14,16,17). The third kappa shape index (κ3) is 2.71. The molecular weight excluding hydrogens is 236 g/mol. The van der Waals surface area contributed by atoms with Crippen LogP contribution in [0.25, 0.3) is 11.5 Å². The van der Waals surface area contributed by atoms with E-state index in [9.17, 15) is 0 Å². The Labute approximate surface area is 105 Å². The average molecular weight is 249 g/mol. The summed E-state index contributed by atoms with van der Waals surface area (Å²) < 4.78 is 0. The van der Waals surface area contributed by atoms with Gasteiger partial charge in [0.25, 0.3) is 0 Å². The summed E-state index contributed by atoms with van der Waals surface area (Å²) in [7, 11) is 0. The van der Waals surface area contributed by atoms with E-state index in [1.807, 2.05) is 0 Å². The van der Waals surface area contributed by atoms with E-state index in [4.69, 9.17) is 17.3 Å². The van der Waals surface area contributed by atoms with E-state index in [0.717, 1.165) is 5.69 Å². The molecule has 2 N–H and O–H groups in total. The van der Waals surface area contributed by atoms with E-state index in [2.05, 4.69) is 28.8 Å². The zero-order chi connectivity index (χ0) is 12.4. The molecule has 0 aromatic carbocycles. The van der Waals surface area contributed by atoms with Gasteiger partial charge in [-0.2, -0.15) is 0 Å². The molecule has 0 aliphatic heterocycles. The molecule has 0 saturated carbocycles. The summed E-state index contributed by atoms with van der Waals surface area (Å²) in [5, 5.41) is 0.585. The molecule has 2 aromatic rings. The minimum absolute atomic E-state index is 0.298. The summed E-state index contributed by atoms with van der Waals surface area (Å²) in [6, 6.07) is 5.32. The maximum absolute atomic E-state index is 5.78. The Morgan fingerprint density at radius 1 is 1.24 bits per heavy atom. The van der Waals surface area contributed by atoms with Crippen molar-refractivity contribution >= 4 is 17.4 Å². The summed E-state index contributed by atoms with van der Waals surface area (Å²) in [4.78, 5) is 12.8. The molecule has 5 heteroatoms. The highest BCUT2D eigenvalue weighted by Gasteiger charge is 2.08. The lowest BCUT2D eigenvalue weighted by Crippen LogP contribution is -2.02. The lowest BCUT2D eigenvalue weighted by atomic mass is 10.1. The maximum Gasteiger partial charge on any atom is 0.180 e. The molecule has 0 bridgehead atoms. The summed E-state index contributed by atoms with van der Waals surface area (Å²) in [6.07, 6.45) is 1.57. The highest BCUT2D eigenvalue weighted by Crippen LogP contribution is 2.20. The van der Waals surface area contributed by atoms with E-state index >= 15 is 0 Å². The SMILES string of the molecule is CC(C)c1cc(N)nc(-c2ccc(Cl)cn2)n1. The van der Waals surface area contributed by atoms with Crippen molar-refractivity contribution < 1.29 is 0 Å². The number of nitrogen functional groups attached to an aromatic ring is 1. The Morgan fingerprint density at radius 3 is 2.59 bits per heavy atom. The van der Waals surface area contributed by atoms with Gasteiger partial charge in [0.2, 0.25) is 0 Å². The molecule has 0 radical (unpaired) electrons. The quantitative estimate of drug-likeness (QED) is 0.888. The fourth-order valence-electron chi connectivity index (χ4n) is 1.40. The predicted octanol–water partition coefficient (Wildman–Crippen LogP) is 2.90. The molecule has 2 rings (SSSR count). The van der Waals surface area contributed by atoms with Crippen molar-refractivity contribution in [2.24, 2.45) is 0 Å². The largest absolute Gasteiger partial charge is 0.384 e. The van der Waals surface area contributed by atoms with E-state index in [-0.39, 0.29) is 0 Å². The lowest BCUT2D eigenvalue weighted by molar-refractivity contribution is 0.817. The van der Waals surface area contributed by atoms with E-state index in [0.29, 0.717) is 28.3 Å². The highest BCUT2D eigenvalue weighted by atomic mass is 35.5. The minimum Gasteiger partial charge on any atom is -0.384 e. The summed E-state index contributed by atoms with van der Waals surface area (Å²) in [6.45, 7) is 4.11. The van der Waals surface area contributed by atoms with Crippen molar-refractivity contribution in [3.8, 4) is 11.5 Å². The number of pyridine rings is 1. The first kappa shape index (κ1) is 11.8. The zero-order valence-corrected chi connectivity index (χ0v) is 10.4. The van der Waals surface area contributed by atoms with Crippen LogP contribution >= 0.6 is 11.6 Å². The number of nitrogens with zero attached hydrogens (tertiary/aromatic N) is 3. The fourth-order valence-corrected chi connectivity index (χ4v) is 1.52. The topological polar surface area (TPSA) is 64.7 Å². The van der Waals surface area contributed by atoms with Gasteiger partial charge in [-0.15, -0.1) is 0 Å². The lowest BCUT2D eigenvalue weighted by Gasteiger charge is -2.07. The Morgan fingerprint density at radius 2 is 2.00 bits per heavy atom. The van der Waals surface area contributed by atoms with Gasteiger partial charge in [-0.3, -0.25) is 4.98 Å². The van der Waals surface area contributed by atoms with Crippen LogP contribution in [-0.2, 0) is 0 Å². The van der Waals surface area contributed by atoms with Crippen molar-refractivity contribution in [1.29, 1.82) is 0 Å². The van der Waals surface area contributed by atoms with Gasteiger partial charge in [0.15, 0.2) is 5.82 Å². The van der Waals surface area contributed by atoms with Crippen LogP contribution in [0.1, 0.15) is 25.5 Å². The Bertz CT molecular complexity index is 523. The zero-order valence-electron chi connectivity index (χ0n) is 9.68. The number of aromatic nitrogens is 3. The fraction of sp³-hybridized carbons (Fsp3) is 0.250. The monoisotopic (exact) mass is 248 g/mol. The van der Waals surface area contributed by atoms with Gasteiger partial charge in [-0.1, -0.05) is 25.4 Å². The highest BCUT2D eigenvalue weighted by molar-refractivity contribution is 6.30. The van der Waals surface area contributed by atoms with Crippen molar-refractivity contribution in [2.75, 3.05) is 5.73 Å². The third-order valence-electron chi connectivity index (χ3n) is 2.31. The van der Waals surface area contributed by atoms with E-state index in [1.165, 1.54) is 0 Å². The van der Waals surface area contributed by atoms with Gasteiger partial charge >= 0.3 is 0 Å². The molecule has 0 fully saturated rings. The summed E-state index contributed by atoms with van der Waals surface area (Å²) in [5.74, 6) is 1.28. The molecule has 2 aromatic heterocycles. The van der Waals surface area contributed by atoms with Gasteiger partial charge in [-0.05, 0) is 18.1 Å². The smallest absolute Gasteiger partial charge is 0.180 e. The number of hydrogen-bond donors (Lipinski definition) is 1. The van der Waals surface area contributed by atoms with Crippen molar-refractivity contribution in [3.63, 3.8) is 0 Å². The van der Waals surface area contributed by atoms with Gasteiger partial charge in [0, 0.05) is 18.0 Å². The first-order valence-electron chi connectivity index (χ1n) is 5.32. The molecule has 17 heavy (non-hydrogen) atoms. The molecule has 0 aliphatic carbocycles. The van der Waals surface area contributed by atoms with Crippen LogP contribution in [0.15, 0.2) is 24.4 Å². The summed E-state index contributed by atoms with van der Waals surface area (Å²) in [5.41, 5.74) is 7.34. The van der Waals surface area contributed by atoms with Gasteiger partial charge in [0.05, 0.1) is 5.02 Å². The third-order valence-corrected chi connectivity index (χ3v) is 2.54. The van der Waals surface area contributed by atoms with Crippen LogP contribution < -0.4 is 5.73 Å². The van der Waals surface area contributed by atoms with Gasteiger partial charge in [0.1, 0.15) is 11.5 Å². The van der Waals surface area contributed by atoms with Gasteiger partial charge in [-0.25, -0.2) is 9.97 Å². The maximum atomic E-state index is 5.78. The number of rotatable bonds is 2. The average Bonchev–Trinajstić information content (AvgIpc) is 2.29. The molecule has 88 valence electrons. The van der Waals surface area contributed by atoms with Crippen LogP contribution in [0, 0.1) is 0 Å². The second-order valence-electron chi connectivity index (χ2n) is 4.06. The number of nitrogens with two attached hydrogens (primary N) is 1. The van der Waals surface area contributed by atoms with Crippen LogP contribution in [0.3, 0.4) is 0 Å². The predicted molar refractivity (Wildman–Crippen MR) is 68.8 cm³/mol. The molecule has 0 saturated heterocycles. The molecule has 0 atom stereocenters. The van der Waals surface area contributed by atoms with E-state index < -0.39 is 0 Å². The number of halogens is 1. The van der Waals surface area contributed by atoms with Crippen molar-refractivity contribution in [2.45, 2.75) is 19.8 Å². The van der Waals surface area contributed by atoms with Gasteiger partial charge < -0.3 is 5.73 Å². The molecule has 0 amide bonds. The minimum atomic E-state index is 0.298. The number of anilines is 1.